The summed E-state index contributed by atoms with van der Waals surface area (Å²) in [6.45, 7) is 3.16. The van der Waals surface area contributed by atoms with E-state index in [9.17, 15) is 13.6 Å². The summed E-state index contributed by atoms with van der Waals surface area (Å²) >= 11 is 0. The van der Waals surface area contributed by atoms with E-state index in [0.717, 1.165) is 17.7 Å². The molecule has 130 valence electrons. The molecule has 0 spiro atoms. The molecule has 1 aromatic carbocycles. The topological polar surface area (TPSA) is 81.6 Å². The van der Waals surface area contributed by atoms with E-state index >= 15 is 0 Å². The molecule has 0 fully saturated rings. The van der Waals surface area contributed by atoms with Crippen LogP contribution >= 0.6 is 0 Å². The molecule has 3 N–H and O–H groups in total. The molecule has 0 radical (unpaired) electrons. The van der Waals surface area contributed by atoms with E-state index < -0.39 is 17.5 Å². The molecule has 0 aliphatic carbocycles. The lowest BCUT2D eigenvalue weighted by atomic mass is 10.2. The number of carbonyl (C=O) groups is 1. The van der Waals surface area contributed by atoms with E-state index in [0.29, 0.717) is 17.1 Å². The number of aryl methyl sites for hydroxylation is 2. The smallest absolute Gasteiger partial charge is 0.284 e. The molecule has 3 rings (SSSR count). The van der Waals surface area contributed by atoms with Gasteiger partial charge in [0.25, 0.3) is 5.91 Å². The van der Waals surface area contributed by atoms with Gasteiger partial charge in [-0.25, -0.2) is 19.6 Å². The van der Waals surface area contributed by atoms with Crippen LogP contribution in [0.15, 0.2) is 30.5 Å². The number of halogens is 2. The Morgan fingerprint density at radius 1 is 1.32 bits per heavy atom. The van der Waals surface area contributed by atoms with Crippen molar-refractivity contribution in [1.82, 2.24) is 14.8 Å². The zero-order valence-electron chi connectivity index (χ0n) is 13.6. The second-order valence-corrected chi connectivity index (χ2v) is 5.58. The highest BCUT2D eigenvalue weighted by Crippen LogP contribution is 2.25. The highest BCUT2D eigenvalue weighted by atomic mass is 19.1. The summed E-state index contributed by atoms with van der Waals surface area (Å²) in [6, 6.07) is 5.30. The summed E-state index contributed by atoms with van der Waals surface area (Å²) in [4.78, 5) is 16.3. The molecule has 8 heteroatoms. The number of pyridine rings is 1. The number of hydrazine groups is 1. The van der Waals surface area contributed by atoms with Crippen molar-refractivity contribution < 1.29 is 18.3 Å². The molecular weight excluding hydrogens is 330 g/mol. The van der Waals surface area contributed by atoms with Crippen molar-refractivity contribution in [3.05, 3.63) is 64.6 Å². The quantitative estimate of drug-likeness (QED) is 0.432. The van der Waals surface area contributed by atoms with Crippen LogP contribution in [0.25, 0.3) is 5.65 Å². The number of hydrogen-bond donors (Lipinski definition) is 2. The molecule has 0 unspecified atom stereocenters. The minimum Gasteiger partial charge on any atom is -0.485 e. The average Bonchev–Trinajstić information content (AvgIpc) is 2.89. The van der Waals surface area contributed by atoms with E-state index in [2.05, 4.69) is 10.4 Å². The van der Waals surface area contributed by atoms with Gasteiger partial charge in [-0.05, 0) is 37.6 Å². The number of hydrogen-bond acceptors (Lipinski definition) is 4. The molecule has 3 aromatic rings. The molecule has 0 aliphatic heterocycles. The third-order valence-corrected chi connectivity index (χ3v) is 3.78. The van der Waals surface area contributed by atoms with Gasteiger partial charge in [0.05, 0.1) is 11.3 Å². The van der Waals surface area contributed by atoms with E-state index in [4.69, 9.17) is 10.6 Å². The Labute approximate surface area is 142 Å². The second kappa shape index (κ2) is 6.48. The molecule has 0 saturated carbocycles. The van der Waals surface area contributed by atoms with Crippen LogP contribution in [0, 0.1) is 25.5 Å². The average molecular weight is 346 g/mol. The van der Waals surface area contributed by atoms with Gasteiger partial charge < -0.3 is 4.74 Å². The number of carbonyl (C=O) groups excluding carboxylic acids is 1. The van der Waals surface area contributed by atoms with Crippen molar-refractivity contribution in [2.24, 2.45) is 5.84 Å². The number of amides is 1. The van der Waals surface area contributed by atoms with Crippen LogP contribution in [0.5, 0.6) is 5.75 Å². The number of nitrogens with zero attached hydrogens (tertiary/aromatic N) is 2. The molecule has 0 aliphatic rings. The van der Waals surface area contributed by atoms with Crippen LogP contribution in [-0.4, -0.2) is 15.3 Å². The number of nitrogen functional groups attached to an aromatic ring is 1. The fourth-order valence-corrected chi connectivity index (χ4v) is 2.63. The Kier molecular flexibility index (Phi) is 4.37. The number of ether oxygens (including phenoxy) is 1. The summed E-state index contributed by atoms with van der Waals surface area (Å²) in [5.74, 6) is 3.64. The zero-order valence-corrected chi connectivity index (χ0v) is 13.6. The first-order valence-electron chi connectivity index (χ1n) is 7.48. The zero-order chi connectivity index (χ0) is 18.1. The number of fused-ring (bicyclic) bond motifs is 1. The number of imidazole rings is 1. The fraction of sp³-hybridized carbons (Fsp3) is 0.176. The molecule has 1 amide bonds. The summed E-state index contributed by atoms with van der Waals surface area (Å²) in [7, 11) is 0. The van der Waals surface area contributed by atoms with Crippen molar-refractivity contribution >= 4 is 11.6 Å². The van der Waals surface area contributed by atoms with Crippen LogP contribution in [0.4, 0.5) is 8.78 Å². The van der Waals surface area contributed by atoms with Crippen molar-refractivity contribution in [2.45, 2.75) is 20.5 Å². The second-order valence-electron chi connectivity index (χ2n) is 5.58. The third-order valence-electron chi connectivity index (χ3n) is 3.78. The maximum atomic E-state index is 13.8. The normalized spacial score (nSPS) is 10.9. The van der Waals surface area contributed by atoms with Gasteiger partial charge in [-0.3, -0.25) is 14.6 Å². The van der Waals surface area contributed by atoms with Gasteiger partial charge in [0.2, 0.25) is 0 Å². The standard InChI is InChI=1S/C17H16F2N4O2/c1-9-6-14(25-8-11-12(18)4-3-5-13(11)19)16-21-10(2)15(17(24)22-20)23(16)7-9/h3-7H,8,20H2,1-2H3,(H,22,24). The molecular formula is C17H16F2N4O2. The predicted molar refractivity (Wildman–Crippen MR) is 87.0 cm³/mol. The lowest BCUT2D eigenvalue weighted by Gasteiger charge is -2.11. The molecule has 2 heterocycles. The first-order valence-corrected chi connectivity index (χ1v) is 7.48. The number of nitrogens with one attached hydrogen (secondary N) is 1. The van der Waals surface area contributed by atoms with Crippen LogP contribution in [0.2, 0.25) is 0 Å². The lowest BCUT2D eigenvalue weighted by molar-refractivity contribution is 0.0947. The highest BCUT2D eigenvalue weighted by molar-refractivity contribution is 5.94. The SMILES string of the molecule is Cc1cc(OCc2c(F)cccc2F)c2nc(C)c(C(=O)NN)n2c1. The van der Waals surface area contributed by atoms with Gasteiger partial charge in [0.1, 0.15) is 23.9 Å². The Morgan fingerprint density at radius 3 is 2.64 bits per heavy atom. The van der Waals surface area contributed by atoms with E-state index in [-0.39, 0.29) is 17.9 Å². The molecule has 0 atom stereocenters. The largest absolute Gasteiger partial charge is 0.485 e. The van der Waals surface area contributed by atoms with Gasteiger partial charge in [-0.15, -0.1) is 0 Å². The van der Waals surface area contributed by atoms with Gasteiger partial charge in [0, 0.05) is 6.20 Å². The third kappa shape index (κ3) is 3.03. The Morgan fingerprint density at radius 2 is 2.00 bits per heavy atom. The molecule has 0 bridgehead atoms. The van der Waals surface area contributed by atoms with Gasteiger partial charge in [0.15, 0.2) is 11.4 Å². The van der Waals surface area contributed by atoms with Gasteiger partial charge in [-0.1, -0.05) is 6.07 Å². The fourth-order valence-electron chi connectivity index (χ4n) is 2.63. The highest BCUT2D eigenvalue weighted by Gasteiger charge is 2.19. The molecule has 25 heavy (non-hydrogen) atoms. The number of aromatic nitrogens is 2. The summed E-state index contributed by atoms with van der Waals surface area (Å²) in [5, 5.41) is 0. The van der Waals surface area contributed by atoms with Gasteiger partial charge in [-0.2, -0.15) is 0 Å². The maximum absolute atomic E-state index is 13.8. The first kappa shape index (κ1) is 16.8. The number of nitrogens with two attached hydrogens (primary N) is 1. The lowest BCUT2D eigenvalue weighted by Crippen LogP contribution is -2.31. The van der Waals surface area contributed by atoms with Crippen molar-refractivity contribution in [3.63, 3.8) is 0 Å². The number of rotatable bonds is 4. The summed E-state index contributed by atoms with van der Waals surface area (Å²) in [6.07, 6.45) is 1.70. The number of benzene rings is 1. The van der Waals surface area contributed by atoms with Crippen LogP contribution in [0.3, 0.4) is 0 Å². The van der Waals surface area contributed by atoms with Crippen LogP contribution < -0.4 is 16.0 Å². The van der Waals surface area contributed by atoms with Crippen molar-refractivity contribution in [2.75, 3.05) is 0 Å². The minimum absolute atomic E-state index is 0.176. The molecule has 0 saturated heterocycles. The van der Waals surface area contributed by atoms with E-state index in [1.807, 2.05) is 0 Å². The minimum atomic E-state index is -0.689. The van der Waals surface area contributed by atoms with Crippen LogP contribution in [-0.2, 0) is 6.61 Å². The Hall–Kier alpha value is -3.00. The maximum Gasteiger partial charge on any atom is 0.284 e. The van der Waals surface area contributed by atoms with Gasteiger partial charge >= 0.3 is 0 Å². The summed E-state index contributed by atoms with van der Waals surface area (Å²) < 4.78 is 34.7. The van der Waals surface area contributed by atoms with E-state index in [1.165, 1.54) is 6.07 Å². The summed E-state index contributed by atoms with van der Waals surface area (Å²) in [5.41, 5.74) is 3.76. The van der Waals surface area contributed by atoms with Crippen molar-refractivity contribution in [1.29, 1.82) is 0 Å². The molecule has 2 aromatic heterocycles. The Balaban J connectivity index is 2.04. The first-order chi connectivity index (χ1) is 11.9. The monoisotopic (exact) mass is 346 g/mol. The Bertz CT molecular complexity index is 949. The van der Waals surface area contributed by atoms with E-state index in [1.54, 1.807) is 30.5 Å². The predicted octanol–water partition coefficient (Wildman–Crippen LogP) is 2.41. The van der Waals surface area contributed by atoms with Crippen molar-refractivity contribution in [3.8, 4) is 5.75 Å². The van der Waals surface area contributed by atoms with Crippen LogP contribution in [0.1, 0.15) is 27.3 Å². The molecule has 6 nitrogen and oxygen atoms in total.